The van der Waals surface area contributed by atoms with Crippen molar-refractivity contribution in [2.75, 3.05) is 6.54 Å². The molecule has 0 saturated heterocycles. The van der Waals surface area contributed by atoms with Gasteiger partial charge in [0.2, 0.25) is 11.8 Å². The number of carbonyl (C=O) groups is 2. The largest absolute Gasteiger partial charge is 0.369 e. The van der Waals surface area contributed by atoms with E-state index in [0.717, 1.165) is 34.1 Å². The van der Waals surface area contributed by atoms with Crippen LogP contribution in [0.1, 0.15) is 27.9 Å². The normalized spacial score (nSPS) is 13.4. The van der Waals surface area contributed by atoms with Crippen LogP contribution >= 0.6 is 0 Å². The van der Waals surface area contributed by atoms with Gasteiger partial charge in [-0.1, -0.05) is 36.9 Å². The molecular formula is C24H25N3O2. The number of benzene rings is 2. The highest BCUT2D eigenvalue weighted by molar-refractivity contribution is 6.02. The fourth-order valence-electron chi connectivity index (χ4n) is 4.39. The van der Waals surface area contributed by atoms with E-state index in [1.807, 2.05) is 24.0 Å². The highest BCUT2D eigenvalue weighted by atomic mass is 16.2. The molecule has 2 heterocycles. The standard InChI is InChI=1S/C24H25N3O2/c1-4-22(29)27-11-10-18-17(13-27)6-5-7-19(18)20-9-8-16(12-21(25)28)24-23(20)14(2)15(3)26-24/h4-9,26H,1,10-13H2,2-3H3,(H2,25,28). The Morgan fingerprint density at radius 2 is 2.00 bits per heavy atom. The fourth-order valence-corrected chi connectivity index (χ4v) is 4.39. The summed E-state index contributed by atoms with van der Waals surface area (Å²) in [7, 11) is 0. The van der Waals surface area contributed by atoms with Crippen LogP contribution in [0.25, 0.3) is 22.0 Å². The van der Waals surface area contributed by atoms with Crippen LogP contribution < -0.4 is 5.73 Å². The minimum Gasteiger partial charge on any atom is -0.369 e. The van der Waals surface area contributed by atoms with Gasteiger partial charge in [-0.3, -0.25) is 9.59 Å². The second-order valence-electron chi connectivity index (χ2n) is 7.70. The average molecular weight is 387 g/mol. The maximum Gasteiger partial charge on any atom is 0.246 e. The fraction of sp³-hybridized carbons (Fsp3) is 0.250. The van der Waals surface area contributed by atoms with Gasteiger partial charge in [-0.05, 0) is 59.7 Å². The van der Waals surface area contributed by atoms with E-state index >= 15 is 0 Å². The smallest absolute Gasteiger partial charge is 0.246 e. The quantitative estimate of drug-likeness (QED) is 0.672. The van der Waals surface area contributed by atoms with Gasteiger partial charge in [0.15, 0.2) is 0 Å². The number of nitrogens with zero attached hydrogens (tertiary/aromatic N) is 1. The number of rotatable bonds is 4. The van der Waals surface area contributed by atoms with E-state index in [9.17, 15) is 9.59 Å². The second-order valence-corrected chi connectivity index (χ2v) is 7.70. The first-order chi connectivity index (χ1) is 13.9. The monoisotopic (exact) mass is 387 g/mol. The molecule has 1 aromatic heterocycles. The van der Waals surface area contributed by atoms with Crippen LogP contribution in [-0.4, -0.2) is 28.2 Å². The SMILES string of the molecule is C=CC(=O)N1CCc2c(cccc2-c2ccc(CC(N)=O)c3[nH]c(C)c(C)c23)C1. The van der Waals surface area contributed by atoms with Crippen molar-refractivity contribution in [3.63, 3.8) is 0 Å². The van der Waals surface area contributed by atoms with E-state index in [0.29, 0.717) is 13.1 Å². The molecule has 5 nitrogen and oxygen atoms in total. The molecule has 0 atom stereocenters. The van der Waals surface area contributed by atoms with Crippen LogP contribution in [0, 0.1) is 13.8 Å². The molecule has 3 N–H and O–H groups in total. The van der Waals surface area contributed by atoms with Crippen LogP contribution in [0.4, 0.5) is 0 Å². The van der Waals surface area contributed by atoms with Crippen molar-refractivity contribution in [3.05, 3.63) is 70.9 Å². The summed E-state index contributed by atoms with van der Waals surface area (Å²) in [4.78, 5) is 28.9. The lowest BCUT2D eigenvalue weighted by Gasteiger charge is -2.29. The summed E-state index contributed by atoms with van der Waals surface area (Å²) in [6, 6.07) is 10.4. The predicted octanol–water partition coefficient (Wildman–Crippen LogP) is 3.55. The molecule has 0 saturated carbocycles. The average Bonchev–Trinajstić information content (AvgIpc) is 3.02. The minimum absolute atomic E-state index is 0.0312. The van der Waals surface area contributed by atoms with Crippen LogP contribution in [0.5, 0.6) is 0 Å². The molecule has 5 heteroatoms. The zero-order chi connectivity index (χ0) is 20.7. The molecule has 4 rings (SSSR count). The summed E-state index contributed by atoms with van der Waals surface area (Å²) < 4.78 is 0. The Morgan fingerprint density at radius 1 is 1.21 bits per heavy atom. The molecule has 3 aromatic rings. The number of aryl methyl sites for hydroxylation is 2. The van der Waals surface area contributed by atoms with Crippen molar-refractivity contribution >= 4 is 22.7 Å². The highest BCUT2D eigenvalue weighted by Gasteiger charge is 2.23. The van der Waals surface area contributed by atoms with Gasteiger partial charge in [0, 0.05) is 24.2 Å². The maximum absolute atomic E-state index is 12.0. The van der Waals surface area contributed by atoms with Gasteiger partial charge in [-0.15, -0.1) is 0 Å². The van der Waals surface area contributed by atoms with Crippen molar-refractivity contribution in [2.24, 2.45) is 5.73 Å². The first kappa shape index (κ1) is 19.0. The number of H-pyrrole nitrogens is 1. The topological polar surface area (TPSA) is 79.2 Å². The molecule has 0 spiro atoms. The maximum atomic E-state index is 12.0. The molecule has 148 valence electrons. The van der Waals surface area contributed by atoms with Crippen molar-refractivity contribution in [2.45, 2.75) is 33.2 Å². The summed E-state index contributed by atoms with van der Waals surface area (Å²) in [5.41, 5.74) is 14.4. The number of hydrogen-bond donors (Lipinski definition) is 2. The van der Waals surface area contributed by atoms with Gasteiger partial charge in [-0.25, -0.2) is 0 Å². The summed E-state index contributed by atoms with van der Waals surface area (Å²) in [5, 5.41) is 1.14. The van der Waals surface area contributed by atoms with Crippen molar-refractivity contribution in [1.82, 2.24) is 9.88 Å². The summed E-state index contributed by atoms with van der Waals surface area (Å²) in [6.07, 6.45) is 2.39. The number of aromatic nitrogens is 1. The Labute approximate surface area is 170 Å². The van der Waals surface area contributed by atoms with E-state index in [-0.39, 0.29) is 18.2 Å². The number of carbonyl (C=O) groups excluding carboxylic acids is 2. The predicted molar refractivity (Wildman–Crippen MR) is 115 cm³/mol. The number of amides is 2. The highest BCUT2D eigenvalue weighted by Crippen LogP contribution is 2.38. The van der Waals surface area contributed by atoms with Gasteiger partial charge in [-0.2, -0.15) is 0 Å². The van der Waals surface area contributed by atoms with Gasteiger partial charge in [0.1, 0.15) is 0 Å². The van der Waals surface area contributed by atoms with Crippen LogP contribution in [0.3, 0.4) is 0 Å². The number of aromatic amines is 1. The van der Waals surface area contributed by atoms with Crippen LogP contribution in [-0.2, 0) is 29.0 Å². The lowest BCUT2D eigenvalue weighted by atomic mass is 9.87. The second kappa shape index (κ2) is 7.24. The number of hydrogen-bond acceptors (Lipinski definition) is 2. The molecule has 0 radical (unpaired) electrons. The Kier molecular flexibility index (Phi) is 4.74. The Hall–Kier alpha value is -3.34. The minimum atomic E-state index is -0.340. The van der Waals surface area contributed by atoms with Crippen molar-refractivity contribution in [1.29, 1.82) is 0 Å². The molecule has 0 fully saturated rings. The van der Waals surface area contributed by atoms with E-state index < -0.39 is 0 Å². The Balaban J connectivity index is 1.88. The van der Waals surface area contributed by atoms with E-state index in [1.54, 1.807) is 0 Å². The number of nitrogens with two attached hydrogens (primary N) is 1. The number of nitrogens with one attached hydrogen (secondary N) is 1. The Bertz CT molecular complexity index is 1160. The van der Waals surface area contributed by atoms with E-state index in [4.69, 9.17) is 5.73 Å². The summed E-state index contributed by atoms with van der Waals surface area (Å²) >= 11 is 0. The van der Waals surface area contributed by atoms with Gasteiger partial charge in [0.25, 0.3) is 0 Å². The van der Waals surface area contributed by atoms with Gasteiger partial charge in [0.05, 0.1) is 11.9 Å². The molecular weight excluding hydrogens is 362 g/mol. The summed E-state index contributed by atoms with van der Waals surface area (Å²) in [6.45, 7) is 9.04. The first-order valence-electron chi connectivity index (χ1n) is 9.82. The first-order valence-corrected chi connectivity index (χ1v) is 9.82. The molecule has 0 bridgehead atoms. The summed E-state index contributed by atoms with van der Waals surface area (Å²) in [5.74, 6) is -0.371. The van der Waals surface area contributed by atoms with Gasteiger partial charge < -0.3 is 15.6 Å². The van der Waals surface area contributed by atoms with Crippen LogP contribution in [0.2, 0.25) is 0 Å². The molecule has 29 heavy (non-hydrogen) atoms. The molecule has 0 unspecified atom stereocenters. The zero-order valence-electron chi connectivity index (χ0n) is 16.8. The molecule has 1 aliphatic rings. The third-order valence-corrected chi connectivity index (χ3v) is 5.95. The van der Waals surface area contributed by atoms with E-state index in [1.165, 1.54) is 28.3 Å². The van der Waals surface area contributed by atoms with Gasteiger partial charge >= 0.3 is 0 Å². The molecule has 2 aromatic carbocycles. The van der Waals surface area contributed by atoms with Crippen molar-refractivity contribution < 1.29 is 9.59 Å². The van der Waals surface area contributed by atoms with Crippen LogP contribution in [0.15, 0.2) is 43.0 Å². The van der Waals surface area contributed by atoms with E-state index in [2.05, 4.69) is 36.7 Å². The third kappa shape index (κ3) is 3.23. The lowest BCUT2D eigenvalue weighted by molar-refractivity contribution is -0.126. The molecule has 2 amide bonds. The number of primary amides is 1. The number of fused-ring (bicyclic) bond motifs is 2. The third-order valence-electron chi connectivity index (χ3n) is 5.95. The zero-order valence-corrected chi connectivity index (χ0v) is 16.8. The lowest BCUT2D eigenvalue weighted by Crippen LogP contribution is -2.34. The Morgan fingerprint density at radius 3 is 2.72 bits per heavy atom. The van der Waals surface area contributed by atoms with Crippen molar-refractivity contribution in [3.8, 4) is 11.1 Å². The molecule has 0 aliphatic carbocycles. The molecule has 1 aliphatic heterocycles.